The molecule has 0 saturated heterocycles. The molecule has 17 heavy (non-hydrogen) atoms. The predicted molar refractivity (Wildman–Crippen MR) is 68.6 cm³/mol. The van der Waals surface area contributed by atoms with Gasteiger partial charge in [-0.3, -0.25) is 4.79 Å². The Balaban J connectivity index is 2.04. The lowest BCUT2D eigenvalue weighted by molar-refractivity contribution is -0.122. The van der Waals surface area contributed by atoms with Crippen molar-refractivity contribution in [2.75, 3.05) is 13.2 Å². The molecule has 0 aromatic heterocycles. The van der Waals surface area contributed by atoms with Gasteiger partial charge in [-0.1, -0.05) is 0 Å². The first-order chi connectivity index (χ1) is 8.08. The fourth-order valence-electron chi connectivity index (χ4n) is 2.21. The Morgan fingerprint density at radius 1 is 1.35 bits per heavy atom. The Labute approximate surface area is 104 Å². The van der Waals surface area contributed by atoms with Crippen LogP contribution in [0, 0.1) is 5.92 Å². The van der Waals surface area contributed by atoms with Crippen LogP contribution in [-0.2, 0) is 9.53 Å². The van der Waals surface area contributed by atoms with Crippen LogP contribution in [0.5, 0.6) is 0 Å². The van der Waals surface area contributed by atoms with E-state index in [1.165, 1.54) is 0 Å². The molecule has 0 unspecified atom stereocenters. The minimum absolute atomic E-state index is 0.151. The maximum atomic E-state index is 11.6. The third kappa shape index (κ3) is 6.64. The van der Waals surface area contributed by atoms with Gasteiger partial charge in [-0.2, -0.15) is 0 Å². The van der Waals surface area contributed by atoms with Gasteiger partial charge >= 0.3 is 0 Å². The van der Waals surface area contributed by atoms with Gasteiger partial charge in [-0.05, 0) is 45.4 Å². The molecule has 100 valence electrons. The number of rotatable bonds is 6. The lowest BCUT2D eigenvalue weighted by Gasteiger charge is -2.25. The molecule has 0 aromatic carbocycles. The van der Waals surface area contributed by atoms with Crippen molar-refractivity contribution < 1.29 is 9.53 Å². The molecule has 0 atom stereocenters. The highest BCUT2D eigenvalue weighted by Crippen LogP contribution is 2.25. The van der Waals surface area contributed by atoms with Gasteiger partial charge in [0.2, 0.25) is 5.91 Å². The number of carbonyl (C=O) groups is 1. The first-order valence-electron chi connectivity index (χ1n) is 6.71. The number of carbonyl (C=O) groups excluding carboxylic acids is 1. The summed E-state index contributed by atoms with van der Waals surface area (Å²) in [6, 6.07) is 0.355. The number of hydrogen-bond donors (Lipinski definition) is 2. The number of hydrogen-bond acceptors (Lipinski definition) is 3. The molecule has 1 amide bonds. The number of ether oxygens (including phenoxy) is 1. The van der Waals surface area contributed by atoms with E-state index in [2.05, 4.69) is 5.32 Å². The third-order valence-corrected chi connectivity index (χ3v) is 3.24. The van der Waals surface area contributed by atoms with E-state index in [-0.39, 0.29) is 12.0 Å². The number of nitrogens with two attached hydrogens (primary N) is 1. The summed E-state index contributed by atoms with van der Waals surface area (Å²) in [6.45, 7) is 5.20. The highest BCUT2D eigenvalue weighted by Gasteiger charge is 2.20. The van der Waals surface area contributed by atoms with Crippen LogP contribution in [-0.4, -0.2) is 31.2 Å². The minimum atomic E-state index is 0.151. The lowest BCUT2D eigenvalue weighted by Crippen LogP contribution is -2.32. The summed E-state index contributed by atoms with van der Waals surface area (Å²) in [5.41, 5.74) is 5.84. The van der Waals surface area contributed by atoms with E-state index < -0.39 is 0 Å². The highest BCUT2D eigenvalue weighted by atomic mass is 16.5. The maximum absolute atomic E-state index is 11.6. The van der Waals surface area contributed by atoms with E-state index in [1.807, 2.05) is 13.8 Å². The molecule has 4 heteroatoms. The van der Waals surface area contributed by atoms with Crippen molar-refractivity contribution in [3.05, 3.63) is 0 Å². The number of amides is 1. The van der Waals surface area contributed by atoms with Crippen molar-refractivity contribution in [3.63, 3.8) is 0 Å². The van der Waals surface area contributed by atoms with E-state index in [0.717, 1.165) is 25.7 Å². The Bertz CT molecular complexity index is 223. The molecule has 0 aliphatic heterocycles. The molecular formula is C13H26N2O2. The summed E-state index contributed by atoms with van der Waals surface area (Å²) in [5, 5.41) is 2.90. The maximum Gasteiger partial charge on any atom is 0.220 e. The van der Waals surface area contributed by atoms with Gasteiger partial charge in [0.1, 0.15) is 0 Å². The molecule has 1 aliphatic rings. The molecule has 0 radical (unpaired) electrons. The van der Waals surface area contributed by atoms with Crippen molar-refractivity contribution in [3.8, 4) is 0 Å². The Morgan fingerprint density at radius 2 is 2.00 bits per heavy atom. The monoisotopic (exact) mass is 242 g/mol. The summed E-state index contributed by atoms with van der Waals surface area (Å²) in [6.07, 6.45) is 5.19. The quantitative estimate of drug-likeness (QED) is 0.693. The van der Waals surface area contributed by atoms with Gasteiger partial charge in [0, 0.05) is 19.0 Å². The zero-order valence-electron chi connectivity index (χ0n) is 11.1. The van der Waals surface area contributed by atoms with Gasteiger partial charge < -0.3 is 15.8 Å². The topological polar surface area (TPSA) is 64.3 Å². The molecule has 0 aromatic rings. The molecule has 4 nitrogen and oxygen atoms in total. The zero-order valence-corrected chi connectivity index (χ0v) is 11.1. The summed E-state index contributed by atoms with van der Waals surface area (Å²) in [4.78, 5) is 11.6. The molecule has 0 bridgehead atoms. The predicted octanol–water partition coefficient (Wildman–Crippen LogP) is 1.44. The van der Waals surface area contributed by atoms with Crippen LogP contribution < -0.4 is 11.1 Å². The van der Waals surface area contributed by atoms with Crippen LogP contribution in [0.3, 0.4) is 0 Å². The molecule has 3 N–H and O–H groups in total. The second-order valence-corrected chi connectivity index (χ2v) is 5.25. The van der Waals surface area contributed by atoms with E-state index in [4.69, 9.17) is 10.5 Å². The summed E-state index contributed by atoms with van der Waals surface area (Å²) >= 11 is 0. The first kappa shape index (κ1) is 14.5. The van der Waals surface area contributed by atoms with Gasteiger partial charge in [-0.25, -0.2) is 0 Å². The molecule has 1 fully saturated rings. The van der Waals surface area contributed by atoms with Gasteiger partial charge in [0.25, 0.3) is 0 Å². The smallest absolute Gasteiger partial charge is 0.220 e. The molecule has 0 spiro atoms. The van der Waals surface area contributed by atoms with Gasteiger partial charge in [0.05, 0.1) is 12.7 Å². The van der Waals surface area contributed by atoms with E-state index in [0.29, 0.717) is 31.5 Å². The van der Waals surface area contributed by atoms with Crippen molar-refractivity contribution in [2.45, 2.75) is 58.1 Å². The van der Waals surface area contributed by atoms with Crippen LogP contribution in [0.15, 0.2) is 0 Å². The minimum Gasteiger partial charge on any atom is -0.377 e. The van der Waals surface area contributed by atoms with Crippen LogP contribution in [0.1, 0.15) is 46.0 Å². The Kier molecular flexibility index (Phi) is 6.52. The average Bonchev–Trinajstić information content (AvgIpc) is 2.27. The van der Waals surface area contributed by atoms with E-state index in [9.17, 15) is 4.79 Å². The Morgan fingerprint density at radius 3 is 2.59 bits per heavy atom. The molecule has 0 heterocycles. The van der Waals surface area contributed by atoms with E-state index in [1.54, 1.807) is 0 Å². The van der Waals surface area contributed by atoms with Crippen LogP contribution in [0.4, 0.5) is 0 Å². The SMILES string of the molecule is CC(C)OCCNC(=O)CC1CCC(N)CC1. The second kappa shape index (κ2) is 7.67. The van der Waals surface area contributed by atoms with Crippen molar-refractivity contribution in [2.24, 2.45) is 11.7 Å². The van der Waals surface area contributed by atoms with Crippen molar-refractivity contribution in [1.29, 1.82) is 0 Å². The van der Waals surface area contributed by atoms with E-state index >= 15 is 0 Å². The zero-order chi connectivity index (χ0) is 12.7. The van der Waals surface area contributed by atoms with Crippen LogP contribution >= 0.6 is 0 Å². The van der Waals surface area contributed by atoms with Crippen molar-refractivity contribution >= 4 is 5.91 Å². The first-order valence-corrected chi connectivity index (χ1v) is 6.71. The summed E-state index contributed by atoms with van der Waals surface area (Å²) in [5.74, 6) is 0.679. The standard InChI is InChI=1S/C13H26N2O2/c1-10(2)17-8-7-15-13(16)9-11-3-5-12(14)6-4-11/h10-12H,3-9,14H2,1-2H3,(H,15,16). The summed E-state index contributed by atoms with van der Waals surface area (Å²) in [7, 11) is 0. The largest absolute Gasteiger partial charge is 0.377 e. The van der Waals surface area contributed by atoms with Crippen molar-refractivity contribution in [1.82, 2.24) is 5.32 Å². The molecule has 1 saturated carbocycles. The van der Waals surface area contributed by atoms with Crippen LogP contribution in [0.2, 0.25) is 0 Å². The highest BCUT2D eigenvalue weighted by molar-refractivity contribution is 5.76. The molecule has 1 aliphatic carbocycles. The molecule has 1 rings (SSSR count). The third-order valence-electron chi connectivity index (χ3n) is 3.24. The fourth-order valence-corrected chi connectivity index (χ4v) is 2.21. The summed E-state index contributed by atoms with van der Waals surface area (Å²) < 4.78 is 5.37. The van der Waals surface area contributed by atoms with Gasteiger partial charge in [-0.15, -0.1) is 0 Å². The normalized spacial score (nSPS) is 24.9. The fraction of sp³-hybridized carbons (Fsp3) is 0.923. The lowest BCUT2D eigenvalue weighted by atomic mass is 9.84. The second-order valence-electron chi connectivity index (χ2n) is 5.25. The average molecular weight is 242 g/mol. The Hall–Kier alpha value is -0.610. The van der Waals surface area contributed by atoms with Crippen LogP contribution in [0.25, 0.3) is 0 Å². The van der Waals surface area contributed by atoms with Gasteiger partial charge in [0.15, 0.2) is 0 Å². The number of nitrogens with one attached hydrogen (secondary N) is 1. The molecular weight excluding hydrogens is 216 g/mol.